The smallest absolute Gasteiger partial charge is 0.267 e. The quantitative estimate of drug-likeness (QED) is 0.817. The van der Waals surface area contributed by atoms with Crippen molar-refractivity contribution >= 4 is 17.4 Å². The number of carbonyl (C=O) groups is 1. The van der Waals surface area contributed by atoms with Crippen molar-refractivity contribution in [3.05, 3.63) is 63.0 Å². The fraction of sp³-hybridized carbons (Fsp3) is 0.391. The summed E-state index contributed by atoms with van der Waals surface area (Å²) in [5.74, 6) is -0.417. The van der Waals surface area contributed by atoms with Gasteiger partial charge in [0.15, 0.2) is 0 Å². The molecule has 0 unspecified atom stereocenters. The van der Waals surface area contributed by atoms with Gasteiger partial charge in [0.2, 0.25) is 0 Å². The van der Waals surface area contributed by atoms with Crippen LogP contribution in [0.25, 0.3) is 0 Å². The van der Waals surface area contributed by atoms with Crippen molar-refractivity contribution in [2.75, 3.05) is 4.90 Å². The van der Waals surface area contributed by atoms with E-state index in [9.17, 15) is 14.7 Å². The minimum Gasteiger partial charge on any atom is -0.506 e. The molecule has 2 heterocycles. The summed E-state index contributed by atoms with van der Waals surface area (Å²) in [6.07, 6.45) is 5.16. The lowest BCUT2D eigenvalue weighted by molar-refractivity contribution is 0.0779. The van der Waals surface area contributed by atoms with E-state index in [0.29, 0.717) is 12.2 Å². The third kappa shape index (κ3) is 3.00. The second kappa shape index (κ2) is 7.31. The average molecular weight is 411 g/mol. The number of hydrogen-bond donors (Lipinski definition) is 1. The monoisotopic (exact) mass is 411 g/mol. The maximum atomic E-state index is 15.2. The van der Waals surface area contributed by atoms with E-state index >= 15 is 4.39 Å². The zero-order chi connectivity index (χ0) is 21.7. The van der Waals surface area contributed by atoms with Crippen molar-refractivity contribution in [2.24, 2.45) is 7.05 Å². The SMILES string of the molecule is CCC/C=C1\N(c2ccc(C)cc2F)c2c(c(O)c(C)c(=O)n2C)C(=O)N1C1CC1. The molecule has 1 aliphatic carbocycles. The zero-order valence-corrected chi connectivity index (χ0v) is 17.7. The third-order valence-electron chi connectivity index (χ3n) is 5.75. The van der Waals surface area contributed by atoms with Crippen LogP contribution >= 0.6 is 0 Å². The van der Waals surface area contributed by atoms with E-state index in [-0.39, 0.29) is 40.3 Å². The molecule has 0 saturated heterocycles. The fourth-order valence-electron chi connectivity index (χ4n) is 3.99. The van der Waals surface area contributed by atoms with Gasteiger partial charge in [-0.3, -0.25) is 24.0 Å². The highest BCUT2D eigenvalue weighted by molar-refractivity contribution is 6.07. The summed E-state index contributed by atoms with van der Waals surface area (Å²) in [6, 6.07) is 4.87. The molecule has 0 radical (unpaired) electrons. The number of amides is 1. The van der Waals surface area contributed by atoms with Gasteiger partial charge in [0.25, 0.3) is 11.5 Å². The van der Waals surface area contributed by atoms with Crippen LogP contribution in [-0.4, -0.2) is 26.5 Å². The van der Waals surface area contributed by atoms with Crippen molar-refractivity contribution < 1.29 is 14.3 Å². The molecular formula is C23H26FN3O3. The molecule has 1 aromatic carbocycles. The first kappa shape index (κ1) is 20.2. The number of aromatic nitrogens is 1. The van der Waals surface area contributed by atoms with Gasteiger partial charge in [0.05, 0.1) is 11.3 Å². The summed E-state index contributed by atoms with van der Waals surface area (Å²) in [7, 11) is 1.55. The molecule has 1 aromatic heterocycles. The Labute approximate surface area is 174 Å². The van der Waals surface area contributed by atoms with Gasteiger partial charge in [-0.15, -0.1) is 0 Å². The van der Waals surface area contributed by atoms with Gasteiger partial charge < -0.3 is 5.11 Å². The second-order valence-corrected chi connectivity index (χ2v) is 8.08. The first-order valence-corrected chi connectivity index (χ1v) is 10.3. The molecule has 158 valence electrons. The highest BCUT2D eigenvalue weighted by Crippen LogP contribution is 2.46. The maximum absolute atomic E-state index is 15.2. The van der Waals surface area contributed by atoms with Gasteiger partial charge in [0.1, 0.15) is 28.8 Å². The number of pyridine rings is 1. The largest absolute Gasteiger partial charge is 0.506 e. The van der Waals surface area contributed by atoms with Crippen molar-refractivity contribution in [2.45, 2.75) is 52.5 Å². The van der Waals surface area contributed by atoms with Crippen molar-refractivity contribution in [3.8, 4) is 5.75 Å². The van der Waals surface area contributed by atoms with Crippen molar-refractivity contribution in [3.63, 3.8) is 0 Å². The van der Waals surface area contributed by atoms with Crippen LogP contribution in [0.15, 0.2) is 34.9 Å². The lowest BCUT2D eigenvalue weighted by Crippen LogP contribution is -2.47. The van der Waals surface area contributed by atoms with E-state index in [2.05, 4.69) is 0 Å². The minimum absolute atomic E-state index is 0.00158. The van der Waals surface area contributed by atoms with E-state index in [1.54, 1.807) is 35.9 Å². The number of rotatable bonds is 4. The zero-order valence-electron chi connectivity index (χ0n) is 17.7. The highest BCUT2D eigenvalue weighted by Gasteiger charge is 2.46. The van der Waals surface area contributed by atoms with Gasteiger partial charge in [-0.05, 0) is 56.9 Å². The van der Waals surface area contributed by atoms with Crippen LogP contribution in [0.1, 0.15) is 54.1 Å². The Kier molecular flexibility index (Phi) is 4.92. The number of unbranched alkanes of at least 4 members (excludes halogenated alkanes) is 1. The number of hydrogen-bond acceptors (Lipinski definition) is 4. The van der Waals surface area contributed by atoms with Crippen molar-refractivity contribution in [1.29, 1.82) is 0 Å². The van der Waals surface area contributed by atoms with Crippen LogP contribution in [-0.2, 0) is 7.05 Å². The van der Waals surface area contributed by atoms with E-state index in [1.807, 2.05) is 13.0 Å². The van der Waals surface area contributed by atoms with Gasteiger partial charge in [-0.2, -0.15) is 0 Å². The third-order valence-corrected chi connectivity index (χ3v) is 5.75. The summed E-state index contributed by atoms with van der Waals surface area (Å²) in [4.78, 5) is 29.5. The number of allylic oxidation sites excluding steroid dienone is 1. The van der Waals surface area contributed by atoms with E-state index in [4.69, 9.17) is 0 Å². The second-order valence-electron chi connectivity index (χ2n) is 8.08. The van der Waals surface area contributed by atoms with Crippen LogP contribution in [0, 0.1) is 19.7 Å². The molecule has 4 rings (SSSR count). The molecule has 7 heteroatoms. The summed E-state index contributed by atoms with van der Waals surface area (Å²) < 4.78 is 16.5. The maximum Gasteiger partial charge on any atom is 0.267 e. The number of aryl methyl sites for hydroxylation is 1. The number of benzene rings is 1. The van der Waals surface area contributed by atoms with E-state index in [0.717, 1.165) is 24.8 Å². The van der Waals surface area contributed by atoms with Crippen LogP contribution < -0.4 is 10.5 Å². The normalized spacial score (nSPS) is 17.6. The molecule has 2 aromatic rings. The lowest BCUT2D eigenvalue weighted by atomic mass is 10.0. The predicted molar refractivity (Wildman–Crippen MR) is 114 cm³/mol. The summed E-state index contributed by atoms with van der Waals surface area (Å²) in [5, 5.41) is 10.8. The number of carbonyl (C=O) groups excluding carboxylic acids is 1. The lowest BCUT2D eigenvalue weighted by Gasteiger charge is -2.41. The Hall–Kier alpha value is -3.09. The molecule has 1 amide bonds. The molecule has 0 atom stereocenters. The minimum atomic E-state index is -0.457. The Morgan fingerprint density at radius 2 is 1.93 bits per heavy atom. The topological polar surface area (TPSA) is 65.8 Å². The van der Waals surface area contributed by atoms with Gasteiger partial charge in [0, 0.05) is 13.1 Å². The Morgan fingerprint density at radius 3 is 2.53 bits per heavy atom. The van der Waals surface area contributed by atoms with E-state index in [1.165, 1.54) is 17.6 Å². The van der Waals surface area contributed by atoms with Crippen LogP contribution in [0.4, 0.5) is 15.9 Å². The van der Waals surface area contributed by atoms with Crippen LogP contribution in [0.5, 0.6) is 5.75 Å². The number of fused-ring (bicyclic) bond motifs is 1. The molecule has 30 heavy (non-hydrogen) atoms. The number of anilines is 2. The Bertz CT molecular complexity index is 1130. The molecule has 1 saturated carbocycles. The number of aromatic hydroxyl groups is 1. The Morgan fingerprint density at radius 1 is 1.23 bits per heavy atom. The highest BCUT2D eigenvalue weighted by atomic mass is 19.1. The summed E-state index contributed by atoms with van der Waals surface area (Å²) in [5.41, 5.74) is 0.719. The fourth-order valence-corrected chi connectivity index (χ4v) is 3.99. The first-order chi connectivity index (χ1) is 14.3. The standard InChI is InChI=1S/C23H26FN3O3/c1-5-6-7-18-26(15-9-10-15)23(30)19-20(28)14(3)22(29)25(4)21(19)27(18)17-11-8-13(2)12-16(17)24/h7-8,11-12,15,28H,5-6,9-10H2,1-4H3/b18-7-. The summed E-state index contributed by atoms with van der Waals surface area (Å²) >= 11 is 0. The molecule has 1 N–H and O–H groups in total. The van der Waals surface area contributed by atoms with Gasteiger partial charge in [-0.1, -0.05) is 19.4 Å². The van der Waals surface area contributed by atoms with Gasteiger partial charge >= 0.3 is 0 Å². The molecule has 0 bridgehead atoms. The molecule has 6 nitrogen and oxygen atoms in total. The predicted octanol–water partition coefficient (Wildman–Crippen LogP) is 4.24. The van der Waals surface area contributed by atoms with E-state index < -0.39 is 11.4 Å². The average Bonchev–Trinajstić information content (AvgIpc) is 3.54. The molecule has 1 aliphatic heterocycles. The number of nitrogens with zero attached hydrogens (tertiary/aromatic N) is 3. The Balaban J connectivity index is 2.10. The molecular weight excluding hydrogens is 385 g/mol. The molecule has 0 spiro atoms. The molecule has 1 fully saturated rings. The van der Waals surface area contributed by atoms with Gasteiger partial charge in [-0.25, -0.2) is 4.39 Å². The molecule has 2 aliphatic rings. The van der Waals surface area contributed by atoms with Crippen molar-refractivity contribution in [1.82, 2.24) is 9.47 Å². The first-order valence-electron chi connectivity index (χ1n) is 10.3. The van der Waals surface area contributed by atoms with Crippen LogP contribution in [0.2, 0.25) is 0 Å². The number of halogens is 1. The summed E-state index contributed by atoms with van der Waals surface area (Å²) in [6.45, 7) is 5.32. The van der Waals surface area contributed by atoms with Crippen LogP contribution in [0.3, 0.4) is 0 Å².